The Bertz CT molecular complexity index is 560. The quantitative estimate of drug-likeness (QED) is 0.908. The van der Waals surface area contributed by atoms with Crippen molar-refractivity contribution in [3.8, 4) is 5.75 Å². The van der Waals surface area contributed by atoms with Crippen molar-refractivity contribution in [3.63, 3.8) is 0 Å². The highest BCUT2D eigenvalue weighted by Gasteiger charge is 2.21. The molecule has 0 spiro atoms. The van der Waals surface area contributed by atoms with Crippen LogP contribution in [0.5, 0.6) is 5.75 Å². The molecule has 0 atom stereocenters. The average molecular weight is 296 g/mol. The van der Waals surface area contributed by atoms with Gasteiger partial charge in [-0.3, -0.25) is 4.98 Å². The molecule has 2 aromatic rings. The molecular weight excluding hydrogens is 272 g/mol. The minimum absolute atomic E-state index is 0.639. The van der Waals surface area contributed by atoms with Crippen LogP contribution in [0.15, 0.2) is 48.8 Å². The molecule has 0 unspecified atom stereocenters. The molecule has 0 radical (unpaired) electrons. The van der Waals surface area contributed by atoms with E-state index in [9.17, 15) is 0 Å². The van der Waals surface area contributed by atoms with Crippen molar-refractivity contribution in [1.82, 2.24) is 10.3 Å². The van der Waals surface area contributed by atoms with Crippen LogP contribution in [0.25, 0.3) is 0 Å². The fourth-order valence-electron chi connectivity index (χ4n) is 3.27. The highest BCUT2D eigenvalue weighted by Crippen LogP contribution is 2.32. The van der Waals surface area contributed by atoms with Gasteiger partial charge in [-0.25, -0.2) is 0 Å². The Morgan fingerprint density at radius 1 is 1.00 bits per heavy atom. The molecule has 1 fully saturated rings. The predicted molar refractivity (Wildman–Crippen MR) is 89.1 cm³/mol. The monoisotopic (exact) mass is 296 g/mol. The molecule has 3 nitrogen and oxygen atoms in total. The normalized spacial score (nSPS) is 21.5. The summed E-state index contributed by atoms with van der Waals surface area (Å²) in [6, 6.07) is 13.3. The summed E-state index contributed by atoms with van der Waals surface area (Å²) in [6.45, 7) is 0.939. The molecule has 1 aromatic carbocycles. The van der Waals surface area contributed by atoms with Gasteiger partial charge in [-0.2, -0.15) is 0 Å². The van der Waals surface area contributed by atoms with Crippen LogP contribution in [-0.2, 0) is 6.54 Å². The molecule has 1 saturated carbocycles. The smallest absolute Gasteiger partial charge is 0.118 e. The van der Waals surface area contributed by atoms with E-state index in [0.29, 0.717) is 12.0 Å². The Kier molecular flexibility index (Phi) is 5.07. The Morgan fingerprint density at radius 2 is 1.68 bits per heavy atom. The summed E-state index contributed by atoms with van der Waals surface area (Å²) in [5, 5.41) is 3.69. The van der Waals surface area contributed by atoms with E-state index in [1.54, 1.807) is 7.11 Å². The maximum absolute atomic E-state index is 5.19. The number of benzene rings is 1. The maximum Gasteiger partial charge on any atom is 0.118 e. The second kappa shape index (κ2) is 7.41. The van der Waals surface area contributed by atoms with Gasteiger partial charge in [0.15, 0.2) is 0 Å². The van der Waals surface area contributed by atoms with Gasteiger partial charge in [0.25, 0.3) is 0 Å². The fraction of sp³-hybridized carbons (Fsp3) is 0.421. The third-order valence-corrected chi connectivity index (χ3v) is 4.66. The summed E-state index contributed by atoms with van der Waals surface area (Å²) < 4.78 is 5.19. The second-order valence-corrected chi connectivity index (χ2v) is 6.06. The highest BCUT2D eigenvalue weighted by molar-refractivity contribution is 5.27. The molecule has 0 bridgehead atoms. The lowest BCUT2D eigenvalue weighted by Crippen LogP contribution is -2.32. The van der Waals surface area contributed by atoms with Gasteiger partial charge in [-0.05, 0) is 67.0 Å². The van der Waals surface area contributed by atoms with E-state index in [0.717, 1.165) is 12.3 Å². The SMILES string of the molecule is COc1ccc(CNC2CCC(c3ccncc3)CC2)cc1. The number of methoxy groups -OCH3 is 1. The van der Waals surface area contributed by atoms with Gasteiger partial charge in [0.2, 0.25) is 0 Å². The molecule has 1 heterocycles. The number of nitrogens with zero attached hydrogens (tertiary/aromatic N) is 1. The van der Waals surface area contributed by atoms with E-state index >= 15 is 0 Å². The van der Waals surface area contributed by atoms with Crippen LogP contribution in [0, 0.1) is 0 Å². The van der Waals surface area contributed by atoms with E-state index in [-0.39, 0.29) is 0 Å². The van der Waals surface area contributed by atoms with Crippen molar-refractivity contribution < 1.29 is 4.74 Å². The summed E-state index contributed by atoms with van der Waals surface area (Å²) >= 11 is 0. The van der Waals surface area contributed by atoms with Gasteiger partial charge >= 0.3 is 0 Å². The maximum atomic E-state index is 5.19. The zero-order valence-corrected chi connectivity index (χ0v) is 13.2. The number of hydrogen-bond donors (Lipinski definition) is 1. The molecule has 116 valence electrons. The summed E-state index contributed by atoms with van der Waals surface area (Å²) in [5.74, 6) is 1.63. The van der Waals surface area contributed by atoms with Crippen LogP contribution < -0.4 is 10.1 Å². The average Bonchev–Trinajstić information content (AvgIpc) is 2.61. The lowest BCUT2D eigenvalue weighted by atomic mass is 9.82. The number of hydrogen-bond acceptors (Lipinski definition) is 3. The lowest BCUT2D eigenvalue weighted by Gasteiger charge is -2.29. The van der Waals surface area contributed by atoms with Crippen LogP contribution >= 0.6 is 0 Å². The molecule has 1 aromatic heterocycles. The molecule has 3 heteroatoms. The Hall–Kier alpha value is -1.87. The topological polar surface area (TPSA) is 34.1 Å². The molecule has 1 aliphatic rings. The lowest BCUT2D eigenvalue weighted by molar-refractivity contribution is 0.341. The van der Waals surface area contributed by atoms with Crippen molar-refractivity contribution >= 4 is 0 Å². The van der Waals surface area contributed by atoms with Crippen LogP contribution in [0.1, 0.15) is 42.7 Å². The van der Waals surface area contributed by atoms with Crippen molar-refractivity contribution in [3.05, 3.63) is 59.9 Å². The second-order valence-electron chi connectivity index (χ2n) is 6.06. The predicted octanol–water partition coefficient (Wildman–Crippen LogP) is 3.91. The third kappa shape index (κ3) is 3.86. The van der Waals surface area contributed by atoms with E-state index in [2.05, 4.69) is 34.6 Å². The summed E-state index contributed by atoms with van der Waals surface area (Å²) in [7, 11) is 1.70. The van der Waals surface area contributed by atoms with Crippen LogP contribution in [0.2, 0.25) is 0 Å². The first-order chi connectivity index (χ1) is 10.8. The Labute approximate surface area is 132 Å². The van der Waals surface area contributed by atoms with E-state index in [4.69, 9.17) is 4.74 Å². The van der Waals surface area contributed by atoms with Crippen LogP contribution in [0.4, 0.5) is 0 Å². The minimum Gasteiger partial charge on any atom is -0.497 e. The van der Waals surface area contributed by atoms with Gasteiger partial charge in [-0.15, -0.1) is 0 Å². The molecule has 3 rings (SSSR count). The van der Waals surface area contributed by atoms with Crippen LogP contribution in [0.3, 0.4) is 0 Å². The Morgan fingerprint density at radius 3 is 2.32 bits per heavy atom. The fourth-order valence-corrected chi connectivity index (χ4v) is 3.27. The molecule has 1 N–H and O–H groups in total. The van der Waals surface area contributed by atoms with Crippen molar-refractivity contribution in [2.75, 3.05) is 7.11 Å². The first-order valence-corrected chi connectivity index (χ1v) is 8.11. The zero-order chi connectivity index (χ0) is 15.2. The standard InChI is InChI=1S/C19H24N2O/c1-22-19-8-2-15(3-9-19)14-21-18-6-4-16(5-7-18)17-10-12-20-13-11-17/h2-3,8-13,16,18,21H,4-7,14H2,1H3. The van der Waals surface area contributed by atoms with E-state index in [1.165, 1.54) is 36.8 Å². The van der Waals surface area contributed by atoms with Crippen molar-refractivity contribution in [2.45, 2.75) is 44.2 Å². The van der Waals surface area contributed by atoms with E-state index in [1.807, 2.05) is 24.5 Å². The van der Waals surface area contributed by atoms with Crippen molar-refractivity contribution in [1.29, 1.82) is 0 Å². The van der Waals surface area contributed by atoms with Gasteiger partial charge in [0.05, 0.1) is 7.11 Å². The number of rotatable bonds is 5. The number of aromatic nitrogens is 1. The minimum atomic E-state index is 0.639. The van der Waals surface area contributed by atoms with Gasteiger partial charge in [-0.1, -0.05) is 12.1 Å². The third-order valence-electron chi connectivity index (χ3n) is 4.66. The molecule has 0 amide bonds. The Balaban J connectivity index is 1.45. The molecule has 1 aliphatic carbocycles. The van der Waals surface area contributed by atoms with E-state index < -0.39 is 0 Å². The summed E-state index contributed by atoms with van der Waals surface area (Å²) in [5.41, 5.74) is 2.76. The summed E-state index contributed by atoms with van der Waals surface area (Å²) in [4.78, 5) is 4.11. The van der Waals surface area contributed by atoms with Gasteiger partial charge in [0, 0.05) is 25.0 Å². The molecule has 0 aliphatic heterocycles. The molecule has 22 heavy (non-hydrogen) atoms. The molecular formula is C19H24N2O. The first-order valence-electron chi connectivity index (χ1n) is 8.11. The highest BCUT2D eigenvalue weighted by atomic mass is 16.5. The zero-order valence-electron chi connectivity index (χ0n) is 13.2. The van der Waals surface area contributed by atoms with Gasteiger partial charge < -0.3 is 10.1 Å². The number of ether oxygens (including phenoxy) is 1. The van der Waals surface area contributed by atoms with Gasteiger partial charge in [0.1, 0.15) is 5.75 Å². The van der Waals surface area contributed by atoms with Crippen molar-refractivity contribution in [2.24, 2.45) is 0 Å². The largest absolute Gasteiger partial charge is 0.497 e. The number of pyridine rings is 1. The van der Waals surface area contributed by atoms with Crippen LogP contribution in [-0.4, -0.2) is 18.1 Å². The first kappa shape index (κ1) is 15.0. The summed E-state index contributed by atoms with van der Waals surface area (Å²) in [6.07, 6.45) is 8.85. The molecule has 0 saturated heterocycles. The number of nitrogens with one attached hydrogen (secondary N) is 1.